The highest BCUT2D eigenvalue weighted by Gasteiger charge is 2.23. The van der Waals surface area contributed by atoms with E-state index in [0.29, 0.717) is 31.8 Å². The lowest BCUT2D eigenvalue weighted by Gasteiger charge is -2.22. The Morgan fingerprint density at radius 2 is 1.88 bits per heavy atom. The molecule has 186 valence electrons. The minimum atomic E-state index is -0.533. The number of benzene rings is 1. The van der Waals surface area contributed by atoms with Gasteiger partial charge in [0.2, 0.25) is 0 Å². The van der Waals surface area contributed by atoms with Crippen LogP contribution in [0, 0.1) is 0 Å². The van der Waals surface area contributed by atoms with Crippen LogP contribution in [-0.2, 0) is 14.2 Å². The summed E-state index contributed by atoms with van der Waals surface area (Å²) in [6, 6.07) is 7.73. The minimum Gasteiger partial charge on any atom is -0.492 e. The van der Waals surface area contributed by atoms with Crippen LogP contribution < -0.4 is 10.6 Å². The van der Waals surface area contributed by atoms with E-state index in [1.54, 1.807) is 6.08 Å². The fourth-order valence-corrected chi connectivity index (χ4v) is 3.71. The molecule has 1 aliphatic rings. The highest BCUT2D eigenvalue weighted by atomic mass is 16.6. The van der Waals surface area contributed by atoms with Crippen molar-refractivity contribution in [3.05, 3.63) is 66.5 Å². The number of hydrogen-bond acceptors (Lipinski definition) is 5. The van der Waals surface area contributed by atoms with Crippen molar-refractivity contribution in [3.63, 3.8) is 0 Å². The molecule has 2 amide bonds. The maximum Gasteiger partial charge on any atom is 0.407 e. The van der Waals surface area contributed by atoms with Crippen LogP contribution in [0.15, 0.2) is 55.3 Å². The highest BCUT2D eigenvalue weighted by molar-refractivity contribution is 5.74. The number of carbonyl (C=O) groups excluding carboxylic acids is 2. The van der Waals surface area contributed by atoms with Crippen LogP contribution in [0.2, 0.25) is 0 Å². The largest absolute Gasteiger partial charge is 0.492 e. The van der Waals surface area contributed by atoms with Gasteiger partial charge in [0, 0.05) is 12.5 Å². The Balaban J connectivity index is 1.81. The molecule has 2 N–H and O–H groups in total. The summed E-state index contributed by atoms with van der Waals surface area (Å²) in [4.78, 5) is 24.3. The minimum absolute atomic E-state index is 0.0412. The quantitative estimate of drug-likeness (QED) is 0.233. The van der Waals surface area contributed by atoms with Gasteiger partial charge in [-0.15, -0.1) is 0 Å². The Labute approximate surface area is 203 Å². The van der Waals surface area contributed by atoms with Crippen molar-refractivity contribution in [1.29, 1.82) is 0 Å². The predicted octanol–water partition coefficient (Wildman–Crippen LogP) is 5.69. The summed E-state index contributed by atoms with van der Waals surface area (Å²) in [5.41, 5.74) is 3.02. The van der Waals surface area contributed by atoms with Gasteiger partial charge in [0.25, 0.3) is 0 Å². The SMILES string of the molecule is C=CCOC(=C)C(CCCCNC(=O)OC(C)(C)C)NC(=O)OCC1C=C(C)c2ccccc21. The molecule has 2 unspecified atom stereocenters. The Morgan fingerprint density at radius 1 is 1.15 bits per heavy atom. The molecule has 0 radical (unpaired) electrons. The van der Waals surface area contributed by atoms with Crippen LogP contribution in [0.5, 0.6) is 0 Å². The van der Waals surface area contributed by atoms with Crippen LogP contribution in [-0.4, -0.2) is 43.6 Å². The maximum absolute atomic E-state index is 12.5. The number of carbonyl (C=O) groups is 2. The predicted molar refractivity (Wildman–Crippen MR) is 134 cm³/mol. The molecule has 7 nitrogen and oxygen atoms in total. The van der Waals surface area contributed by atoms with Crippen LogP contribution in [0.1, 0.15) is 64.0 Å². The zero-order chi connectivity index (χ0) is 25.1. The van der Waals surface area contributed by atoms with Crippen molar-refractivity contribution in [2.45, 2.75) is 64.5 Å². The van der Waals surface area contributed by atoms with Gasteiger partial charge in [-0.1, -0.05) is 49.6 Å². The number of ether oxygens (including phenoxy) is 3. The van der Waals surface area contributed by atoms with Gasteiger partial charge in [-0.2, -0.15) is 0 Å². The second kappa shape index (κ2) is 12.9. The summed E-state index contributed by atoms with van der Waals surface area (Å²) in [6.07, 6.45) is 4.82. The summed E-state index contributed by atoms with van der Waals surface area (Å²) in [6.45, 7) is 16.1. The third-order valence-corrected chi connectivity index (χ3v) is 5.29. The molecule has 0 saturated heterocycles. The first-order valence-corrected chi connectivity index (χ1v) is 11.7. The first kappa shape index (κ1) is 27.0. The maximum atomic E-state index is 12.5. The molecule has 0 heterocycles. The first-order valence-electron chi connectivity index (χ1n) is 11.7. The highest BCUT2D eigenvalue weighted by Crippen LogP contribution is 2.35. The topological polar surface area (TPSA) is 85.9 Å². The normalized spacial score (nSPS) is 15.4. The van der Waals surface area contributed by atoms with E-state index in [9.17, 15) is 9.59 Å². The monoisotopic (exact) mass is 470 g/mol. The van der Waals surface area contributed by atoms with Crippen molar-refractivity contribution in [2.75, 3.05) is 19.8 Å². The van der Waals surface area contributed by atoms with Gasteiger partial charge >= 0.3 is 12.2 Å². The smallest absolute Gasteiger partial charge is 0.407 e. The number of hydrogen-bond donors (Lipinski definition) is 2. The van der Waals surface area contributed by atoms with Crippen molar-refractivity contribution in [3.8, 4) is 0 Å². The molecule has 0 fully saturated rings. The molecule has 0 aromatic heterocycles. The second-order valence-corrected chi connectivity index (χ2v) is 9.33. The van der Waals surface area contributed by atoms with E-state index in [1.807, 2.05) is 32.9 Å². The molecule has 2 rings (SSSR count). The molecule has 0 saturated carbocycles. The lowest BCUT2D eigenvalue weighted by Crippen LogP contribution is -2.38. The molecule has 0 spiro atoms. The average Bonchev–Trinajstić information content (AvgIpc) is 3.09. The summed E-state index contributed by atoms with van der Waals surface area (Å²) >= 11 is 0. The molecule has 2 atom stereocenters. The van der Waals surface area contributed by atoms with Gasteiger partial charge < -0.3 is 24.8 Å². The van der Waals surface area contributed by atoms with Crippen LogP contribution >= 0.6 is 0 Å². The van der Waals surface area contributed by atoms with E-state index < -0.39 is 23.8 Å². The molecule has 0 aliphatic heterocycles. The van der Waals surface area contributed by atoms with Crippen molar-refractivity contribution in [2.24, 2.45) is 0 Å². The fourth-order valence-electron chi connectivity index (χ4n) is 3.71. The molecule has 7 heteroatoms. The summed E-state index contributed by atoms with van der Waals surface area (Å²) < 4.78 is 16.3. The van der Waals surface area contributed by atoms with Gasteiger partial charge in [-0.25, -0.2) is 9.59 Å². The number of amides is 2. The first-order chi connectivity index (χ1) is 16.1. The van der Waals surface area contributed by atoms with E-state index in [0.717, 1.165) is 6.42 Å². The molecule has 34 heavy (non-hydrogen) atoms. The van der Waals surface area contributed by atoms with Crippen molar-refractivity contribution >= 4 is 17.8 Å². The molecule has 1 aromatic rings. The number of rotatable bonds is 12. The average molecular weight is 471 g/mol. The lowest BCUT2D eigenvalue weighted by atomic mass is 10.0. The number of fused-ring (bicyclic) bond motifs is 1. The van der Waals surface area contributed by atoms with Crippen LogP contribution in [0.3, 0.4) is 0 Å². The van der Waals surface area contributed by atoms with Gasteiger partial charge in [0.1, 0.15) is 24.6 Å². The number of unbranched alkanes of at least 4 members (excludes halogenated alkanes) is 1. The summed E-state index contributed by atoms with van der Waals surface area (Å²) in [5, 5.41) is 5.60. The van der Waals surface area contributed by atoms with Crippen molar-refractivity contribution < 1.29 is 23.8 Å². The van der Waals surface area contributed by atoms with E-state index >= 15 is 0 Å². The van der Waals surface area contributed by atoms with Gasteiger partial charge in [-0.3, -0.25) is 0 Å². The Hall–Kier alpha value is -3.22. The number of alkyl carbamates (subject to hydrolysis) is 2. The van der Waals surface area contributed by atoms with E-state index in [1.165, 1.54) is 16.7 Å². The summed E-state index contributed by atoms with van der Waals surface area (Å²) in [7, 11) is 0. The van der Waals surface area contributed by atoms with E-state index in [2.05, 4.69) is 48.9 Å². The number of nitrogens with one attached hydrogen (secondary N) is 2. The molecular formula is C27H38N2O5. The second-order valence-electron chi connectivity index (χ2n) is 9.33. The van der Waals surface area contributed by atoms with Crippen LogP contribution in [0.4, 0.5) is 9.59 Å². The van der Waals surface area contributed by atoms with Crippen molar-refractivity contribution in [1.82, 2.24) is 10.6 Å². The summed E-state index contributed by atoms with van der Waals surface area (Å²) in [5.74, 6) is 0.485. The Bertz CT molecular complexity index is 901. The van der Waals surface area contributed by atoms with Gasteiger partial charge in [0.15, 0.2) is 0 Å². The Kier molecular flexibility index (Phi) is 10.2. The Morgan fingerprint density at radius 3 is 2.59 bits per heavy atom. The zero-order valence-corrected chi connectivity index (χ0v) is 20.8. The van der Waals surface area contributed by atoms with E-state index in [-0.39, 0.29) is 12.5 Å². The molecule has 1 aliphatic carbocycles. The third kappa shape index (κ3) is 8.96. The molecule has 0 bridgehead atoms. The third-order valence-electron chi connectivity index (χ3n) is 5.29. The number of allylic oxidation sites excluding steroid dienone is 1. The van der Waals surface area contributed by atoms with E-state index in [4.69, 9.17) is 14.2 Å². The zero-order valence-electron chi connectivity index (χ0n) is 20.8. The van der Waals surface area contributed by atoms with Gasteiger partial charge in [-0.05, 0) is 63.7 Å². The van der Waals surface area contributed by atoms with Crippen LogP contribution in [0.25, 0.3) is 5.57 Å². The molecule has 1 aromatic carbocycles. The fraction of sp³-hybridized carbons (Fsp3) is 0.481. The standard InChI is InChI=1S/C27H38N2O5/c1-7-16-32-20(3)24(14-10-11-15-28-25(30)34-27(4,5)6)29-26(31)33-18-21-17-19(2)22-12-8-9-13-23(21)22/h7-9,12-13,17,21,24H,1,3,10-11,14-16,18H2,2,4-6H3,(H,28,30)(H,29,31). The lowest BCUT2D eigenvalue weighted by molar-refractivity contribution is 0.0527. The van der Waals surface area contributed by atoms with Gasteiger partial charge in [0.05, 0.1) is 6.04 Å². The molecular weight excluding hydrogens is 432 g/mol.